The highest BCUT2D eigenvalue weighted by Gasteiger charge is 2.23. The van der Waals surface area contributed by atoms with Gasteiger partial charge in [-0.05, 0) is 43.6 Å². The van der Waals surface area contributed by atoms with Crippen LogP contribution in [-0.4, -0.2) is 17.1 Å². The molecule has 0 spiro atoms. The molecule has 1 saturated carbocycles. The zero-order chi connectivity index (χ0) is 15.5. The Morgan fingerprint density at radius 2 is 2.36 bits per heavy atom. The summed E-state index contributed by atoms with van der Waals surface area (Å²) >= 11 is 1.57. The van der Waals surface area contributed by atoms with E-state index in [-0.39, 0.29) is 18.5 Å². The van der Waals surface area contributed by atoms with Crippen molar-refractivity contribution in [2.24, 2.45) is 5.92 Å². The average Bonchev–Trinajstić information content (AvgIpc) is 3.09. The Kier molecular flexibility index (Phi) is 4.62. The van der Waals surface area contributed by atoms with E-state index in [0.29, 0.717) is 23.3 Å². The second-order valence-corrected chi connectivity index (χ2v) is 7.01. The third-order valence-electron chi connectivity index (χ3n) is 4.12. The van der Waals surface area contributed by atoms with Crippen molar-refractivity contribution in [3.63, 3.8) is 0 Å². The number of hydrogen-bond donors (Lipinski definition) is 0. The standard InChI is InChI=1S/C17H21NO3S/c1-11-5-3-6-13(9-11)21-16(19)10-14-12(2)20-17(18-14)15-7-4-8-22-15/h4,7-8,11,13H,3,5-6,9-10H2,1-2H3. The van der Waals surface area contributed by atoms with Crippen LogP contribution in [0.2, 0.25) is 0 Å². The molecule has 22 heavy (non-hydrogen) atoms. The maximum atomic E-state index is 12.1. The van der Waals surface area contributed by atoms with E-state index in [9.17, 15) is 4.79 Å². The minimum atomic E-state index is -0.201. The van der Waals surface area contributed by atoms with Crippen LogP contribution in [0.4, 0.5) is 0 Å². The molecule has 2 heterocycles. The predicted octanol–water partition coefficient (Wildman–Crippen LogP) is 4.38. The fraction of sp³-hybridized carbons (Fsp3) is 0.529. The van der Waals surface area contributed by atoms with Gasteiger partial charge in [0.15, 0.2) is 0 Å². The Hall–Kier alpha value is -1.62. The molecule has 0 N–H and O–H groups in total. The maximum Gasteiger partial charge on any atom is 0.312 e. The third kappa shape index (κ3) is 3.58. The van der Waals surface area contributed by atoms with Crippen molar-refractivity contribution in [3.05, 3.63) is 29.0 Å². The second kappa shape index (κ2) is 6.65. The second-order valence-electron chi connectivity index (χ2n) is 6.06. The highest BCUT2D eigenvalue weighted by molar-refractivity contribution is 7.13. The Morgan fingerprint density at radius 1 is 1.50 bits per heavy atom. The first-order valence-electron chi connectivity index (χ1n) is 7.81. The number of carbonyl (C=O) groups is 1. The zero-order valence-corrected chi connectivity index (χ0v) is 13.8. The first kappa shape index (κ1) is 15.3. The quantitative estimate of drug-likeness (QED) is 0.785. The summed E-state index contributed by atoms with van der Waals surface area (Å²) in [6.45, 7) is 4.06. The van der Waals surface area contributed by atoms with E-state index in [2.05, 4.69) is 11.9 Å². The third-order valence-corrected chi connectivity index (χ3v) is 4.98. The number of carbonyl (C=O) groups excluding carboxylic acids is 1. The SMILES string of the molecule is Cc1oc(-c2cccs2)nc1CC(=O)OC1CCCC(C)C1. The first-order chi connectivity index (χ1) is 10.6. The summed E-state index contributed by atoms with van der Waals surface area (Å²) < 4.78 is 11.3. The van der Waals surface area contributed by atoms with Crippen molar-refractivity contribution >= 4 is 17.3 Å². The lowest BCUT2D eigenvalue weighted by atomic mass is 9.89. The van der Waals surface area contributed by atoms with Gasteiger partial charge in [0.05, 0.1) is 17.0 Å². The van der Waals surface area contributed by atoms with Crippen molar-refractivity contribution in [1.29, 1.82) is 0 Å². The van der Waals surface area contributed by atoms with Crippen LogP contribution in [0.25, 0.3) is 10.8 Å². The first-order valence-corrected chi connectivity index (χ1v) is 8.69. The molecule has 3 rings (SSSR count). The topological polar surface area (TPSA) is 52.3 Å². The lowest BCUT2D eigenvalue weighted by molar-refractivity contribution is -0.150. The minimum Gasteiger partial charge on any atom is -0.462 e. The van der Waals surface area contributed by atoms with E-state index in [4.69, 9.17) is 9.15 Å². The molecule has 1 aliphatic rings. The molecule has 1 fully saturated rings. The number of aromatic nitrogens is 1. The minimum absolute atomic E-state index is 0.0697. The van der Waals surface area contributed by atoms with Gasteiger partial charge in [0.2, 0.25) is 5.89 Å². The number of hydrogen-bond acceptors (Lipinski definition) is 5. The summed E-state index contributed by atoms with van der Waals surface area (Å²) in [7, 11) is 0. The Bertz CT molecular complexity index is 632. The monoisotopic (exact) mass is 319 g/mol. The summed E-state index contributed by atoms with van der Waals surface area (Å²) in [5, 5.41) is 1.98. The van der Waals surface area contributed by atoms with Crippen LogP contribution in [-0.2, 0) is 16.0 Å². The zero-order valence-electron chi connectivity index (χ0n) is 13.0. The fourth-order valence-electron chi connectivity index (χ4n) is 2.95. The van der Waals surface area contributed by atoms with Crippen molar-refractivity contribution < 1.29 is 13.9 Å². The van der Waals surface area contributed by atoms with Crippen LogP contribution in [0.3, 0.4) is 0 Å². The summed E-state index contributed by atoms with van der Waals surface area (Å²) in [5.74, 6) is 1.72. The molecule has 2 atom stereocenters. The van der Waals surface area contributed by atoms with Crippen molar-refractivity contribution in [1.82, 2.24) is 4.98 Å². The molecule has 5 heteroatoms. The number of rotatable bonds is 4. The van der Waals surface area contributed by atoms with Gasteiger partial charge in [-0.25, -0.2) is 4.98 Å². The van der Waals surface area contributed by atoms with Crippen LogP contribution in [0, 0.1) is 12.8 Å². The van der Waals surface area contributed by atoms with Gasteiger partial charge in [0.1, 0.15) is 11.9 Å². The lowest BCUT2D eigenvalue weighted by Crippen LogP contribution is -2.25. The molecule has 0 aromatic carbocycles. The number of esters is 1. The largest absolute Gasteiger partial charge is 0.462 e. The Labute approximate surface area is 134 Å². The smallest absolute Gasteiger partial charge is 0.312 e. The molecule has 0 radical (unpaired) electrons. The summed E-state index contributed by atoms with van der Waals surface area (Å²) in [6.07, 6.45) is 4.59. The van der Waals surface area contributed by atoms with Gasteiger partial charge in [0, 0.05) is 0 Å². The molecule has 0 aliphatic heterocycles. The van der Waals surface area contributed by atoms with Gasteiger partial charge in [-0.3, -0.25) is 4.79 Å². The summed E-state index contributed by atoms with van der Waals surface area (Å²) in [4.78, 5) is 17.6. The molecule has 2 aromatic heterocycles. The molecule has 0 bridgehead atoms. The van der Waals surface area contributed by atoms with Gasteiger partial charge in [-0.15, -0.1) is 11.3 Å². The molecule has 2 unspecified atom stereocenters. The van der Waals surface area contributed by atoms with Crippen molar-refractivity contribution in [2.45, 2.75) is 52.1 Å². The van der Waals surface area contributed by atoms with Crippen LogP contribution in [0.5, 0.6) is 0 Å². The fourth-order valence-corrected chi connectivity index (χ4v) is 3.60. The van der Waals surface area contributed by atoms with E-state index in [1.165, 1.54) is 6.42 Å². The molecule has 118 valence electrons. The summed E-state index contributed by atoms with van der Waals surface area (Å²) in [6, 6.07) is 3.92. The van der Waals surface area contributed by atoms with E-state index < -0.39 is 0 Å². The highest BCUT2D eigenvalue weighted by Crippen LogP contribution is 2.28. The van der Waals surface area contributed by atoms with Gasteiger partial charge in [-0.2, -0.15) is 0 Å². The Balaban J connectivity index is 1.62. The van der Waals surface area contributed by atoms with E-state index in [0.717, 1.165) is 24.1 Å². The van der Waals surface area contributed by atoms with Gasteiger partial charge in [-0.1, -0.05) is 19.4 Å². The normalized spacial score (nSPS) is 21.7. The van der Waals surface area contributed by atoms with Crippen LogP contribution < -0.4 is 0 Å². The Morgan fingerprint density at radius 3 is 3.09 bits per heavy atom. The molecular formula is C17H21NO3S. The lowest BCUT2D eigenvalue weighted by Gasteiger charge is -2.26. The molecular weight excluding hydrogens is 298 g/mol. The molecule has 0 amide bonds. The summed E-state index contributed by atoms with van der Waals surface area (Å²) in [5.41, 5.74) is 0.678. The van der Waals surface area contributed by atoms with Crippen LogP contribution in [0.15, 0.2) is 21.9 Å². The predicted molar refractivity (Wildman–Crippen MR) is 85.8 cm³/mol. The van der Waals surface area contributed by atoms with Crippen LogP contribution >= 0.6 is 11.3 Å². The highest BCUT2D eigenvalue weighted by atomic mass is 32.1. The molecule has 1 aliphatic carbocycles. The average molecular weight is 319 g/mol. The maximum absolute atomic E-state index is 12.1. The van der Waals surface area contributed by atoms with Crippen LogP contribution in [0.1, 0.15) is 44.1 Å². The van der Waals surface area contributed by atoms with Crippen molar-refractivity contribution in [3.8, 4) is 10.8 Å². The van der Waals surface area contributed by atoms with E-state index in [1.807, 2.05) is 24.4 Å². The van der Waals surface area contributed by atoms with Gasteiger partial charge in [0.25, 0.3) is 0 Å². The molecule has 4 nitrogen and oxygen atoms in total. The van der Waals surface area contributed by atoms with Crippen molar-refractivity contribution in [2.75, 3.05) is 0 Å². The number of oxazole rings is 1. The van der Waals surface area contributed by atoms with Gasteiger partial charge < -0.3 is 9.15 Å². The number of ether oxygens (including phenoxy) is 1. The molecule has 0 saturated heterocycles. The number of aryl methyl sites for hydroxylation is 1. The van der Waals surface area contributed by atoms with Gasteiger partial charge >= 0.3 is 5.97 Å². The van der Waals surface area contributed by atoms with E-state index in [1.54, 1.807) is 11.3 Å². The number of nitrogens with zero attached hydrogens (tertiary/aromatic N) is 1. The number of thiophene rings is 1. The molecule has 2 aromatic rings. The van der Waals surface area contributed by atoms with E-state index >= 15 is 0 Å².